The molecule has 0 N–H and O–H groups in total. The molecule has 2 unspecified atom stereocenters. The van der Waals surface area contributed by atoms with Gasteiger partial charge >= 0.3 is 0 Å². The molecule has 2 aliphatic heterocycles. The van der Waals surface area contributed by atoms with Crippen LogP contribution >= 0.6 is 11.6 Å². The molecule has 2 heterocycles. The summed E-state index contributed by atoms with van der Waals surface area (Å²) in [6.07, 6.45) is 2.59. The Labute approximate surface area is 148 Å². The molecule has 0 radical (unpaired) electrons. The monoisotopic (exact) mass is 342 g/mol. The molecule has 2 aliphatic rings. The lowest BCUT2D eigenvalue weighted by Crippen LogP contribution is -2.53. The Morgan fingerprint density at radius 3 is 2.17 bits per heavy atom. The van der Waals surface area contributed by atoms with Gasteiger partial charge in [0.05, 0.1) is 7.11 Å². The Hall–Kier alpha value is -1.71. The molecular weight excluding hydrogens is 320 g/mol. The average molecular weight is 343 g/mol. The third-order valence-electron chi connectivity index (χ3n) is 5.35. The predicted molar refractivity (Wildman–Crippen MR) is 99.0 cm³/mol. The molecule has 2 saturated heterocycles. The molecule has 24 heavy (non-hydrogen) atoms. The van der Waals surface area contributed by atoms with Crippen LogP contribution in [0.1, 0.15) is 18.4 Å². The van der Waals surface area contributed by atoms with Crippen molar-refractivity contribution >= 4 is 17.3 Å². The van der Waals surface area contributed by atoms with Crippen molar-refractivity contribution in [1.29, 1.82) is 0 Å². The van der Waals surface area contributed by atoms with E-state index >= 15 is 0 Å². The first-order valence-corrected chi connectivity index (χ1v) is 9.00. The maximum absolute atomic E-state index is 6.00. The van der Waals surface area contributed by atoms with Crippen LogP contribution in [0.3, 0.4) is 0 Å². The fourth-order valence-corrected chi connectivity index (χ4v) is 4.18. The molecule has 2 aromatic rings. The highest BCUT2D eigenvalue weighted by Crippen LogP contribution is 2.34. The van der Waals surface area contributed by atoms with E-state index in [4.69, 9.17) is 16.3 Å². The summed E-state index contributed by atoms with van der Waals surface area (Å²) in [5.41, 5.74) is 2.66. The fourth-order valence-electron chi connectivity index (χ4n) is 4.05. The SMILES string of the molecule is COc1ccc(N2CC3CCC(C2)N3Cc2ccc(Cl)cc2)cc1. The number of halogens is 1. The number of hydrogen-bond acceptors (Lipinski definition) is 3. The van der Waals surface area contributed by atoms with E-state index in [0.717, 1.165) is 30.4 Å². The zero-order valence-corrected chi connectivity index (χ0v) is 14.7. The van der Waals surface area contributed by atoms with Crippen LogP contribution in [-0.2, 0) is 6.54 Å². The van der Waals surface area contributed by atoms with E-state index in [2.05, 4.69) is 46.2 Å². The molecular formula is C20H23ClN2O. The van der Waals surface area contributed by atoms with Crippen molar-refractivity contribution in [3.05, 3.63) is 59.1 Å². The normalized spacial score (nSPS) is 23.5. The molecule has 0 aromatic heterocycles. The van der Waals surface area contributed by atoms with Crippen molar-refractivity contribution < 1.29 is 4.74 Å². The minimum Gasteiger partial charge on any atom is -0.497 e. The topological polar surface area (TPSA) is 15.7 Å². The van der Waals surface area contributed by atoms with E-state index in [1.54, 1.807) is 7.11 Å². The van der Waals surface area contributed by atoms with Crippen LogP contribution in [0.2, 0.25) is 5.02 Å². The number of benzene rings is 2. The molecule has 0 amide bonds. The van der Waals surface area contributed by atoms with Crippen molar-refractivity contribution in [1.82, 2.24) is 4.90 Å². The molecule has 0 aliphatic carbocycles. The van der Waals surface area contributed by atoms with E-state index in [1.165, 1.54) is 24.1 Å². The minimum atomic E-state index is 0.640. The Bertz CT molecular complexity index is 672. The van der Waals surface area contributed by atoms with Gasteiger partial charge in [-0.15, -0.1) is 0 Å². The van der Waals surface area contributed by atoms with Crippen molar-refractivity contribution in [3.8, 4) is 5.75 Å². The van der Waals surface area contributed by atoms with Crippen molar-refractivity contribution in [2.24, 2.45) is 0 Å². The second-order valence-electron chi connectivity index (χ2n) is 6.79. The molecule has 2 bridgehead atoms. The smallest absolute Gasteiger partial charge is 0.119 e. The summed E-state index contributed by atoms with van der Waals surface area (Å²) in [5, 5.41) is 0.811. The van der Waals surface area contributed by atoms with Crippen molar-refractivity contribution in [2.45, 2.75) is 31.5 Å². The molecule has 3 nitrogen and oxygen atoms in total. The quantitative estimate of drug-likeness (QED) is 0.828. The zero-order valence-electron chi connectivity index (χ0n) is 14.0. The van der Waals surface area contributed by atoms with Gasteiger partial charge in [-0.1, -0.05) is 23.7 Å². The first kappa shape index (κ1) is 15.8. The number of fused-ring (bicyclic) bond motifs is 2. The summed E-state index contributed by atoms with van der Waals surface area (Å²) in [7, 11) is 1.71. The molecule has 2 atom stereocenters. The van der Waals surface area contributed by atoms with Gasteiger partial charge in [0.2, 0.25) is 0 Å². The number of rotatable bonds is 4. The third kappa shape index (κ3) is 3.11. The summed E-state index contributed by atoms with van der Waals surface area (Å²) in [4.78, 5) is 5.21. The van der Waals surface area contributed by atoms with E-state index in [9.17, 15) is 0 Å². The van der Waals surface area contributed by atoms with Gasteiger partial charge in [-0.05, 0) is 54.8 Å². The Morgan fingerprint density at radius 1 is 0.958 bits per heavy atom. The maximum atomic E-state index is 6.00. The van der Waals surface area contributed by atoms with E-state index in [1.807, 2.05) is 12.1 Å². The van der Waals surface area contributed by atoms with Crippen LogP contribution in [0.4, 0.5) is 5.69 Å². The molecule has 4 rings (SSSR count). The van der Waals surface area contributed by atoms with Gasteiger partial charge in [-0.2, -0.15) is 0 Å². The number of nitrogens with zero attached hydrogens (tertiary/aromatic N) is 2. The first-order valence-electron chi connectivity index (χ1n) is 8.62. The largest absolute Gasteiger partial charge is 0.497 e. The molecule has 2 fully saturated rings. The molecule has 0 saturated carbocycles. The Balaban J connectivity index is 1.45. The van der Waals surface area contributed by atoms with Crippen LogP contribution in [0.25, 0.3) is 0 Å². The summed E-state index contributed by atoms with van der Waals surface area (Å²) in [5.74, 6) is 0.920. The standard InChI is InChI=1S/C20H23ClN2O/c1-24-20-10-8-17(9-11-20)22-13-18-6-7-19(14-22)23(18)12-15-2-4-16(21)5-3-15/h2-5,8-11,18-19H,6-7,12-14H2,1H3. The van der Waals surface area contributed by atoms with Gasteiger partial charge < -0.3 is 9.64 Å². The highest BCUT2D eigenvalue weighted by molar-refractivity contribution is 6.30. The second kappa shape index (κ2) is 6.66. The second-order valence-corrected chi connectivity index (χ2v) is 7.22. The maximum Gasteiger partial charge on any atom is 0.119 e. The average Bonchev–Trinajstić information content (AvgIpc) is 2.84. The van der Waals surface area contributed by atoms with Crippen molar-refractivity contribution in [2.75, 3.05) is 25.1 Å². The summed E-state index contributed by atoms with van der Waals surface area (Å²) in [6, 6.07) is 18.0. The summed E-state index contributed by atoms with van der Waals surface area (Å²) < 4.78 is 5.27. The van der Waals surface area contributed by atoms with Gasteiger partial charge in [0.15, 0.2) is 0 Å². The highest BCUT2D eigenvalue weighted by atomic mass is 35.5. The lowest BCUT2D eigenvalue weighted by molar-refractivity contribution is 0.160. The third-order valence-corrected chi connectivity index (χ3v) is 5.60. The minimum absolute atomic E-state index is 0.640. The Morgan fingerprint density at radius 2 is 1.58 bits per heavy atom. The van der Waals surface area contributed by atoms with Crippen LogP contribution in [0.15, 0.2) is 48.5 Å². The number of hydrogen-bond donors (Lipinski definition) is 0. The van der Waals surface area contributed by atoms with Crippen LogP contribution in [0.5, 0.6) is 5.75 Å². The van der Waals surface area contributed by atoms with Gasteiger partial charge in [0.25, 0.3) is 0 Å². The van der Waals surface area contributed by atoms with Crippen LogP contribution in [-0.4, -0.2) is 37.2 Å². The van der Waals surface area contributed by atoms with Gasteiger partial charge in [0.1, 0.15) is 5.75 Å². The number of anilines is 1. The van der Waals surface area contributed by atoms with E-state index in [-0.39, 0.29) is 0 Å². The number of methoxy groups -OCH3 is 1. The van der Waals surface area contributed by atoms with Crippen LogP contribution in [0, 0.1) is 0 Å². The van der Waals surface area contributed by atoms with Gasteiger partial charge in [-0.25, -0.2) is 0 Å². The molecule has 4 heteroatoms. The predicted octanol–water partition coefficient (Wildman–Crippen LogP) is 4.20. The van der Waals surface area contributed by atoms with Crippen LogP contribution < -0.4 is 9.64 Å². The van der Waals surface area contributed by atoms with Gasteiger partial charge in [-0.3, -0.25) is 4.90 Å². The molecule has 2 aromatic carbocycles. The highest BCUT2D eigenvalue weighted by Gasteiger charge is 2.39. The first-order chi connectivity index (χ1) is 11.7. The number of ether oxygens (including phenoxy) is 1. The zero-order chi connectivity index (χ0) is 16.5. The Kier molecular flexibility index (Phi) is 4.38. The van der Waals surface area contributed by atoms with E-state index < -0.39 is 0 Å². The fraction of sp³-hybridized carbons (Fsp3) is 0.400. The molecule has 126 valence electrons. The van der Waals surface area contributed by atoms with Crippen molar-refractivity contribution in [3.63, 3.8) is 0 Å². The summed E-state index contributed by atoms with van der Waals surface area (Å²) in [6.45, 7) is 3.25. The lowest BCUT2D eigenvalue weighted by Gasteiger charge is -2.42. The molecule has 0 spiro atoms. The lowest BCUT2D eigenvalue weighted by atomic mass is 10.1. The van der Waals surface area contributed by atoms with Gasteiger partial charge in [0, 0.05) is 42.4 Å². The summed E-state index contributed by atoms with van der Waals surface area (Å²) >= 11 is 6.00. The van der Waals surface area contributed by atoms with E-state index in [0.29, 0.717) is 12.1 Å². The number of piperazine rings is 1.